The van der Waals surface area contributed by atoms with Gasteiger partial charge in [0.25, 0.3) is 0 Å². The van der Waals surface area contributed by atoms with Crippen LogP contribution in [0.3, 0.4) is 0 Å². The Labute approximate surface area is 168 Å². The maximum atomic E-state index is 10.3. The molecule has 2 fully saturated rings. The van der Waals surface area contributed by atoms with Crippen LogP contribution in [0.25, 0.3) is 5.70 Å². The van der Waals surface area contributed by atoms with Gasteiger partial charge in [-0.25, -0.2) is 4.98 Å². The van der Waals surface area contributed by atoms with E-state index in [1.807, 2.05) is 12.5 Å². The van der Waals surface area contributed by atoms with Crippen molar-refractivity contribution in [3.05, 3.63) is 36.4 Å². The largest absolute Gasteiger partial charge is 0.396 e. The predicted molar refractivity (Wildman–Crippen MR) is 110 cm³/mol. The summed E-state index contributed by atoms with van der Waals surface area (Å²) in [5.41, 5.74) is 3.32. The first-order valence-corrected chi connectivity index (χ1v) is 11.2. The number of nitrogens with zero attached hydrogens (tertiary/aromatic N) is 2. The van der Waals surface area contributed by atoms with Crippen molar-refractivity contribution in [2.75, 3.05) is 6.61 Å². The van der Waals surface area contributed by atoms with E-state index < -0.39 is 0 Å². The van der Waals surface area contributed by atoms with E-state index in [0.29, 0.717) is 23.7 Å². The van der Waals surface area contributed by atoms with Gasteiger partial charge in [0.2, 0.25) is 0 Å². The van der Waals surface area contributed by atoms with Crippen LogP contribution in [0.4, 0.5) is 0 Å². The number of aliphatic hydroxyl groups excluding tert-OH is 2. The van der Waals surface area contributed by atoms with Crippen molar-refractivity contribution < 1.29 is 10.2 Å². The number of hydrogen-bond acceptors (Lipinski definition) is 3. The average molecular weight is 383 g/mol. The third kappa shape index (κ3) is 2.53. The summed E-state index contributed by atoms with van der Waals surface area (Å²) in [6.07, 6.45) is 18.0. The quantitative estimate of drug-likeness (QED) is 0.768. The highest BCUT2D eigenvalue weighted by Gasteiger charge is 2.59. The Balaban J connectivity index is 1.54. The maximum Gasteiger partial charge on any atom is 0.0989 e. The van der Waals surface area contributed by atoms with E-state index in [1.54, 1.807) is 0 Å². The van der Waals surface area contributed by atoms with Crippen LogP contribution in [0.1, 0.15) is 58.8 Å². The van der Waals surface area contributed by atoms with Gasteiger partial charge in [-0.05, 0) is 74.0 Å². The molecular formula is C24H34N2O2. The summed E-state index contributed by atoms with van der Waals surface area (Å²) >= 11 is 0. The van der Waals surface area contributed by atoms with Gasteiger partial charge in [-0.1, -0.05) is 31.6 Å². The van der Waals surface area contributed by atoms with Crippen LogP contribution < -0.4 is 0 Å². The Bertz CT molecular complexity index is 798. The third-order valence-electron chi connectivity index (χ3n) is 9.03. The fraction of sp³-hybridized carbons (Fsp3) is 0.708. The Morgan fingerprint density at radius 2 is 2.00 bits per heavy atom. The van der Waals surface area contributed by atoms with Gasteiger partial charge in [-0.2, -0.15) is 0 Å². The number of allylic oxidation sites excluding steroid dienone is 3. The second kappa shape index (κ2) is 6.56. The van der Waals surface area contributed by atoms with Crippen molar-refractivity contribution in [2.45, 2.75) is 64.9 Å². The highest BCUT2D eigenvalue weighted by molar-refractivity contribution is 5.57. The zero-order valence-electron chi connectivity index (χ0n) is 17.2. The number of aliphatic hydroxyl groups is 2. The minimum absolute atomic E-state index is 0.180. The minimum Gasteiger partial charge on any atom is -0.396 e. The number of imidazole rings is 1. The predicted octanol–water partition coefficient (Wildman–Crippen LogP) is 4.27. The van der Waals surface area contributed by atoms with Gasteiger partial charge in [0.15, 0.2) is 0 Å². The summed E-state index contributed by atoms with van der Waals surface area (Å²) in [5, 5.41) is 20.1. The van der Waals surface area contributed by atoms with E-state index in [1.165, 1.54) is 24.1 Å². The molecule has 4 aliphatic rings. The van der Waals surface area contributed by atoms with Gasteiger partial charge in [0, 0.05) is 30.1 Å². The smallest absolute Gasteiger partial charge is 0.0989 e. The van der Waals surface area contributed by atoms with E-state index in [-0.39, 0.29) is 23.5 Å². The average Bonchev–Trinajstić information content (AvgIpc) is 3.30. The van der Waals surface area contributed by atoms with Crippen molar-refractivity contribution in [2.24, 2.45) is 34.5 Å². The standard InChI is InChI=1S/C24H34N2O2/c1-23-8-5-18(28)14-17(23)13-16(7-12-27)22-19-3-4-21(26-11-10-25-15-26)24(19,2)9-6-20(22)23/h4,10-11,13,15-16,18-20,22,27-28H,3,5-9,12,14H2,1-2H3/t16?,18?,19-,20-,22-,23-,24-/m0/s1. The van der Waals surface area contributed by atoms with Gasteiger partial charge < -0.3 is 14.8 Å². The molecule has 7 atom stereocenters. The summed E-state index contributed by atoms with van der Waals surface area (Å²) in [6.45, 7) is 5.19. The highest BCUT2D eigenvalue weighted by atomic mass is 16.3. The molecule has 4 nitrogen and oxygen atoms in total. The van der Waals surface area contributed by atoms with Crippen LogP contribution in [0, 0.1) is 34.5 Å². The molecule has 5 rings (SSSR count). The molecule has 0 bridgehead atoms. The molecule has 0 aromatic carbocycles. The lowest BCUT2D eigenvalue weighted by Gasteiger charge is -2.59. The molecule has 2 N–H and O–H groups in total. The Morgan fingerprint density at radius 1 is 1.18 bits per heavy atom. The lowest BCUT2D eigenvalue weighted by Crippen LogP contribution is -2.53. The number of hydrogen-bond donors (Lipinski definition) is 2. The zero-order valence-corrected chi connectivity index (χ0v) is 17.2. The summed E-state index contributed by atoms with van der Waals surface area (Å²) < 4.78 is 2.23. The fourth-order valence-corrected chi connectivity index (χ4v) is 7.58. The van der Waals surface area contributed by atoms with Crippen LogP contribution in [0.2, 0.25) is 0 Å². The second-order valence-corrected chi connectivity index (χ2v) is 10.2. The third-order valence-corrected chi connectivity index (χ3v) is 9.03. The first-order chi connectivity index (χ1) is 13.5. The van der Waals surface area contributed by atoms with E-state index >= 15 is 0 Å². The molecule has 2 unspecified atom stereocenters. The van der Waals surface area contributed by atoms with Crippen LogP contribution in [0.5, 0.6) is 0 Å². The molecule has 28 heavy (non-hydrogen) atoms. The first kappa shape index (κ1) is 18.6. The SMILES string of the molecule is C[C@]12CCC(O)CC1=CC(CCO)[C@@H]1[C@@H]2CC[C@]2(C)C(n3ccnc3)=CC[C@@H]12. The lowest BCUT2D eigenvalue weighted by molar-refractivity contribution is -0.0504. The van der Waals surface area contributed by atoms with Gasteiger partial charge in [0.05, 0.1) is 12.4 Å². The maximum absolute atomic E-state index is 10.3. The monoisotopic (exact) mass is 382 g/mol. The molecule has 0 saturated heterocycles. The fourth-order valence-electron chi connectivity index (χ4n) is 7.58. The summed E-state index contributed by atoms with van der Waals surface area (Å²) in [5.74, 6) is 2.35. The second-order valence-electron chi connectivity index (χ2n) is 10.2. The molecule has 0 amide bonds. The number of aromatic nitrogens is 2. The molecule has 2 saturated carbocycles. The molecule has 152 valence electrons. The van der Waals surface area contributed by atoms with Crippen LogP contribution in [-0.4, -0.2) is 32.5 Å². The number of fused-ring (bicyclic) bond motifs is 5. The van der Waals surface area contributed by atoms with Gasteiger partial charge in [-0.15, -0.1) is 0 Å². The molecule has 4 heteroatoms. The zero-order chi connectivity index (χ0) is 19.5. The van der Waals surface area contributed by atoms with E-state index in [2.05, 4.69) is 41.7 Å². The topological polar surface area (TPSA) is 58.3 Å². The van der Waals surface area contributed by atoms with Gasteiger partial charge in [0.1, 0.15) is 0 Å². The summed E-state index contributed by atoms with van der Waals surface area (Å²) in [6, 6.07) is 0. The van der Waals surface area contributed by atoms with E-state index in [0.717, 1.165) is 32.1 Å². The van der Waals surface area contributed by atoms with Crippen molar-refractivity contribution >= 4 is 5.70 Å². The minimum atomic E-state index is -0.180. The van der Waals surface area contributed by atoms with E-state index in [9.17, 15) is 10.2 Å². The summed E-state index contributed by atoms with van der Waals surface area (Å²) in [7, 11) is 0. The normalized spacial score (nSPS) is 44.9. The molecule has 0 radical (unpaired) electrons. The Morgan fingerprint density at radius 3 is 2.75 bits per heavy atom. The molecule has 4 aliphatic carbocycles. The molecular weight excluding hydrogens is 348 g/mol. The highest BCUT2D eigenvalue weighted by Crippen LogP contribution is 2.67. The molecule has 1 heterocycles. The van der Waals surface area contributed by atoms with Crippen molar-refractivity contribution in [3.63, 3.8) is 0 Å². The van der Waals surface area contributed by atoms with Crippen LogP contribution in [0.15, 0.2) is 36.4 Å². The molecule has 0 spiro atoms. The van der Waals surface area contributed by atoms with Crippen LogP contribution >= 0.6 is 0 Å². The van der Waals surface area contributed by atoms with Crippen molar-refractivity contribution in [1.29, 1.82) is 0 Å². The number of rotatable bonds is 3. The Kier molecular flexibility index (Phi) is 4.37. The molecule has 1 aromatic heterocycles. The molecule has 0 aliphatic heterocycles. The molecule has 1 aromatic rings. The Hall–Kier alpha value is -1.39. The van der Waals surface area contributed by atoms with E-state index in [4.69, 9.17) is 0 Å². The van der Waals surface area contributed by atoms with Crippen LogP contribution in [-0.2, 0) is 0 Å². The first-order valence-electron chi connectivity index (χ1n) is 11.2. The summed E-state index contributed by atoms with van der Waals surface area (Å²) in [4.78, 5) is 4.29. The van der Waals surface area contributed by atoms with Gasteiger partial charge in [-0.3, -0.25) is 0 Å². The van der Waals surface area contributed by atoms with Crippen molar-refractivity contribution in [1.82, 2.24) is 9.55 Å². The lowest BCUT2D eigenvalue weighted by atomic mass is 9.45. The van der Waals surface area contributed by atoms with Crippen molar-refractivity contribution in [3.8, 4) is 0 Å². The van der Waals surface area contributed by atoms with Gasteiger partial charge >= 0.3 is 0 Å².